The van der Waals surface area contributed by atoms with Gasteiger partial charge < -0.3 is 15.0 Å². The van der Waals surface area contributed by atoms with Crippen LogP contribution in [-0.4, -0.2) is 51.3 Å². The average Bonchev–Trinajstić information content (AvgIpc) is 2.34. The van der Waals surface area contributed by atoms with Crippen LogP contribution in [0.3, 0.4) is 0 Å². The Balaban J connectivity index is 1.81. The molecular formula is C17H34N2O. The topological polar surface area (TPSA) is 24.5 Å². The molecule has 2 fully saturated rings. The molecule has 3 heteroatoms. The number of ether oxygens (including phenoxy) is 1. The van der Waals surface area contributed by atoms with E-state index in [4.69, 9.17) is 4.74 Å². The Hall–Kier alpha value is -0.120. The van der Waals surface area contributed by atoms with Crippen molar-refractivity contribution in [2.75, 3.05) is 46.4 Å². The summed E-state index contributed by atoms with van der Waals surface area (Å²) in [5, 5.41) is 3.70. The van der Waals surface area contributed by atoms with Crippen LogP contribution in [0.5, 0.6) is 0 Å². The molecule has 0 radical (unpaired) electrons. The Morgan fingerprint density at radius 3 is 2.50 bits per heavy atom. The van der Waals surface area contributed by atoms with Crippen molar-refractivity contribution < 1.29 is 4.74 Å². The van der Waals surface area contributed by atoms with Gasteiger partial charge in [0.05, 0.1) is 0 Å². The van der Waals surface area contributed by atoms with E-state index in [2.05, 4.69) is 31.1 Å². The molecule has 0 unspecified atom stereocenters. The maximum Gasteiger partial charge on any atom is 0.0472 e. The number of rotatable bonds is 8. The molecule has 0 aromatic heterocycles. The highest BCUT2D eigenvalue weighted by Crippen LogP contribution is 2.32. The first-order valence-electron chi connectivity index (χ1n) is 8.57. The fourth-order valence-corrected chi connectivity index (χ4v) is 3.57. The highest BCUT2D eigenvalue weighted by molar-refractivity contribution is 4.87. The van der Waals surface area contributed by atoms with Crippen LogP contribution in [0.4, 0.5) is 0 Å². The van der Waals surface area contributed by atoms with Gasteiger partial charge in [0.25, 0.3) is 0 Å². The van der Waals surface area contributed by atoms with Crippen LogP contribution < -0.4 is 5.32 Å². The molecule has 1 N–H and O–H groups in total. The summed E-state index contributed by atoms with van der Waals surface area (Å²) < 4.78 is 5.60. The van der Waals surface area contributed by atoms with Crippen molar-refractivity contribution >= 4 is 0 Å². The van der Waals surface area contributed by atoms with E-state index in [1.54, 1.807) is 0 Å². The number of nitrogens with one attached hydrogen (secondary N) is 1. The minimum Gasteiger partial charge on any atom is -0.381 e. The lowest BCUT2D eigenvalue weighted by molar-refractivity contribution is -0.00429. The van der Waals surface area contributed by atoms with Gasteiger partial charge in [0.15, 0.2) is 0 Å². The summed E-state index contributed by atoms with van der Waals surface area (Å²) >= 11 is 0. The molecule has 20 heavy (non-hydrogen) atoms. The minimum atomic E-state index is 0.436. The van der Waals surface area contributed by atoms with Crippen LogP contribution in [0.1, 0.15) is 46.0 Å². The van der Waals surface area contributed by atoms with Gasteiger partial charge in [0, 0.05) is 32.8 Å². The molecule has 118 valence electrons. The lowest BCUT2D eigenvalue weighted by Gasteiger charge is -2.42. The third kappa shape index (κ3) is 5.01. The van der Waals surface area contributed by atoms with E-state index in [9.17, 15) is 0 Å². The minimum absolute atomic E-state index is 0.436. The fourth-order valence-electron chi connectivity index (χ4n) is 3.57. The van der Waals surface area contributed by atoms with Gasteiger partial charge in [0.1, 0.15) is 0 Å². The third-order valence-corrected chi connectivity index (χ3v) is 5.01. The molecule has 2 rings (SSSR count). The second kappa shape index (κ2) is 7.77. The molecule has 2 aliphatic rings. The van der Waals surface area contributed by atoms with Crippen LogP contribution in [0, 0.1) is 17.3 Å². The van der Waals surface area contributed by atoms with Gasteiger partial charge in [-0.3, -0.25) is 0 Å². The lowest BCUT2D eigenvalue weighted by atomic mass is 9.78. The van der Waals surface area contributed by atoms with Crippen molar-refractivity contribution in [1.82, 2.24) is 10.2 Å². The predicted octanol–water partition coefficient (Wildman–Crippen LogP) is 2.76. The Bertz CT molecular complexity index is 270. The summed E-state index contributed by atoms with van der Waals surface area (Å²) in [6, 6.07) is 0. The van der Waals surface area contributed by atoms with Crippen LogP contribution in [-0.2, 0) is 4.74 Å². The Morgan fingerprint density at radius 1 is 1.25 bits per heavy atom. The zero-order valence-corrected chi connectivity index (χ0v) is 13.8. The van der Waals surface area contributed by atoms with Gasteiger partial charge in [-0.15, -0.1) is 0 Å². The van der Waals surface area contributed by atoms with Crippen molar-refractivity contribution in [2.45, 2.75) is 46.0 Å². The second-order valence-corrected chi connectivity index (χ2v) is 7.63. The lowest BCUT2D eigenvalue weighted by Crippen LogP contribution is -2.48. The zero-order valence-electron chi connectivity index (χ0n) is 13.8. The Morgan fingerprint density at radius 2 is 1.95 bits per heavy atom. The molecule has 1 heterocycles. The molecule has 0 atom stereocenters. The van der Waals surface area contributed by atoms with E-state index < -0.39 is 0 Å². The maximum absolute atomic E-state index is 5.60. The van der Waals surface area contributed by atoms with Gasteiger partial charge >= 0.3 is 0 Å². The summed E-state index contributed by atoms with van der Waals surface area (Å²) in [6.07, 6.45) is 6.78. The molecule has 0 amide bonds. The molecule has 0 aromatic rings. The molecular weight excluding hydrogens is 248 g/mol. The van der Waals surface area contributed by atoms with Crippen molar-refractivity contribution in [3.8, 4) is 0 Å². The summed E-state index contributed by atoms with van der Waals surface area (Å²) in [4.78, 5) is 2.59. The first-order valence-corrected chi connectivity index (χ1v) is 8.57. The number of hydrogen-bond acceptors (Lipinski definition) is 3. The van der Waals surface area contributed by atoms with E-state index in [-0.39, 0.29) is 0 Å². The molecule has 1 aliphatic carbocycles. The van der Waals surface area contributed by atoms with E-state index in [1.807, 2.05) is 0 Å². The van der Waals surface area contributed by atoms with Gasteiger partial charge in [-0.1, -0.05) is 20.3 Å². The SMILES string of the molecule is CC(C)CNCC1(CN(C)CC2CCC2)CCOCC1. The highest BCUT2D eigenvalue weighted by atomic mass is 16.5. The quantitative estimate of drug-likeness (QED) is 0.741. The number of hydrogen-bond donors (Lipinski definition) is 1. The molecule has 0 aromatic carbocycles. The van der Waals surface area contributed by atoms with Crippen molar-refractivity contribution in [3.05, 3.63) is 0 Å². The average molecular weight is 282 g/mol. The van der Waals surface area contributed by atoms with Gasteiger partial charge in [-0.25, -0.2) is 0 Å². The van der Waals surface area contributed by atoms with Crippen molar-refractivity contribution in [2.24, 2.45) is 17.3 Å². The maximum atomic E-state index is 5.60. The molecule has 1 saturated carbocycles. The van der Waals surface area contributed by atoms with Crippen LogP contribution in [0.15, 0.2) is 0 Å². The first-order chi connectivity index (χ1) is 9.60. The van der Waals surface area contributed by atoms with E-state index in [1.165, 1.54) is 45.2 Å². The molecule has 0 spiro atoms. The molecule has 1 aliphatic heterocycles. The summed E-state index contributed by atoms with van der Waals surface area (Å²) in [6.45, 7) is 11.3. The fraction of sp³-hybridized carbons (Fsp3) is 1.00. The predicted molar refractivity (Wildman–Crippen MR) is 85.0 cm³/mol. The Kier molecular flexibility index (Phi) is 6.31. The van der Waals surface area contributed by atoms with Gasteiger partial charge in [-0.05, 0) is 56.5 Å². The number of nitrogens with zero attached hydrogens (tertiary/aromatic N) is 1. The van der Waals surface area contributed by atoms with Crippen LogP contribution in [0.25, 0.3) is 0 Å². The van der Waals surface area contributed by atoms with Gasteiger partial charge in [0.2, 0.25) is 0 Å². The van der Waals surface area contributed by atoms with Crippen molar-refractivity contribution in [3.63, 3.8) is 0 Å². The first kappa shape index (κ1) is 16.3. The standard InChI is InChI=1S/C17H34N2O/c1-15(2)11-18-13-17(7-9-20-10-8-17)14-19(3)12-16-5-4-6-16/h15-16,18H,4-14H2,1-3H3. The largest absolute Gasteiger partial charge is 0.381 e. The second-order valence-electron chi connectivity index (χ2n) is 7.63. The smallest absolute Gasteiger partial charge is 0.0472 e. The van der Waals surface area contributed by atoms with E-state index in [0.717, 1.165) is 38.1 Å². The molecule has 0 bridgehead atoms. The third-order valence-electron chi connectivity index (χ3n) is 5.01. The molecule has 1 saturated heterocycles. The van der Waals surface area contributed by atoms with Gasteiger partial charge in [-0.2, -0.15) is 0 Å². The molecule has 3 nitrogen and oxygen atoms in total. The normalized spacial score (nSPS) is 23.2. The van der Waals surface area contributed by atoms with E-state index >= 15 is 0 Å². The summed E-state index contributed by atoms with van der Waals surface area (Å²) in [7, 11) is 2.32. The highest BCUT2D eigenvalue weighted by Gasteiger charge is 2.34. The summed E-state index contributed by atoms with van der Waals surface area (Å²) in [5.41, 5.74) is 0.436. The van der Waals surface area contributed by atoms with Crippen molar-refractivity contribution in [1.29, 1.82) is 0 Å². The van der Waals surface area contributed by atoms with Crippen LogP contribution >= 0.6 is 0 Å². The Labute approximate surface area is 125 Å². The monoisotopic (exact) mass is 282 g/mol. The summed E-state index contributed by atoms with van der Waals surface area (Å²) in [5.74, 6) is 1.71. The van der Waals surface area contributed by atoms with E-state index in [0.29, 0.717) is 5.41 Å². The van der Waals surface area contributed by atoms with Crippen LogP contribution in [0.2, 0.25) is 0 Å². The zero-order chi connectivity index (χ0) is 14.4.